The van der Waals surface area contributed by atoms with E-state index in [0.717, 1.165) is 11.2 Å². The third-order valence-corrected chi connectivity index (χ3v) is 5.93. The Morgan fingerprint density at radius 2 is 1.57 bits per heavy atom. The van der Waals surface area contributed by atoms with E-state index in [2.05, 4.69) is 81.2 Å². The first-order valence-electron chi connectivity index (χ1n) is 7.42. The molecule has 0 aliphatic heterocycles. The van der Waals surface area contributed by atoms with Crippen LogP contribution in [0, 0.1) is 6.92 Å². The van der Waals surface area contributed by atoms with Crippen molar-refractivity contribution in [2.24, 2.45) is 0 Å². The summed E-state index contributed by atoms with van der Waals surface area (Å²) in [4.78, 5) is 4.70. The molecule has 3 aromatic rings. The molecule has 1 aromatic heterocycles. The smallest absolute Gasteiger partial charge is 0.0776 e. The second kappa shape index (κ2) is 5.12. The van der Waals surface area contributed by atoms with Gasteiger partial charge in [-0.2, -0.15) is 0 Å². The molecule has 0 aliphatic rings. The topological polar surface area (TPSA) is 12.9 Å². The summed E-state index contributed by atoms with van der Waals surface area (Å²) in [6, 6.07) is 19.6. The van der Waals surface area contributed by atoms with E-state index in [1.807, 2.05) is 0 Å². The molecule has 0 N–H and O–H groups in total. The summed E-state index contributed by atoms with van der Waals surface area (Å²) in [5.41, 5.74) is 4.72. The van der Waals surface area contributed by atoms with E-state index in [1.54, 1.807) is 0 Å². The Bertz CT molecular complexity index is 786. The molecule has 0 unspecified atom stereocenters. The highest BCUT2D eigenvalue weighted by atomic mass is 28.3. The van der Waals surface area contributed by atoms with Crippen LogP contribution in [0.2, 0.25) is 19.6 Å². The summed E-state index contributed by atoms with van der Waals surface area (Å²) < 4.78 is 0. The number of pyridine rings is 1. The zero-order chi connectivity index (χ0) is 15.0. The van der Waals surface area contributed by atoms with Crippen molar-refractivity contribution in [3.8, 4) is 11.1 Å². The van der Waals surface area contributed by atoms with Crippen LogP contribution in [0.3, 0.4) is 0 Å². The maximum atomic E-state index is 4.70. The molecule has 0 radical (unpaired) electrons. The highest BCUT2D eigenvalue weighted by Crippen LogP contribution is 2.28. The van der Waals surface area contributed by atoms with Crippen molar-refractivity contribution in [1.82, 2.24) is 4.98 Å². The van der Waals surface area contributed by atoms with Crippen molar-refractivity contribution in [2.75, 3.05) is 0 Å². The fourth-order valence-electron chi connectivity index (χ4n) is 2.68. The maximum absolute atomic E-state index is 4.70. The fraction of sp³-hybridized carbons (Fsp3) is 0.211. The molecule has 2 heteroatoms. The molecule has 0 amide bonds. The normalized spacial score (nSPS) is 11.8. The average molecular weight is 291 g/mol. The van der Waals surface area contributed by atoms with E-state index in [4.69, 9.17) is 4.98 Å². The molecule has 0 saturated carbocycles. The molecular formula is C19H21NSi. The third-order valence-electron chi connectivity index (χ3n) is 3.89. The molecule has 21 heavy (non-hydrogen) atoms. The van der Waals surface area contributed by atoms with Crippen LogP contribution >= 0.6 is 0 Å². The highest BCUT2D eigenvalue weighted by molar-refractivity contribution is 6.88. The zero-order valence-electron chi connectivity index (χ0n) is 13.1. The van der Waals surface area contributed by atoms with Crippen molar-refractivity contribution >= 4 is 24.2 Å². The first-order chi connectivity index (χ1) is 9.95. The van der Waals surface area contributed by atoms with E-state index in [1.165, 1.54) is 21.7 Å². The van der Waals surface area contributed by atoms with E-state index in [-0.39, 0.29) is 0 Å². The minimum absolute atomic E-state index is 1.07. The van der Waals surface area contributed by atoms with Gasteiger partial charge in [0, 0.05) is 11.1 Å². The van der Waals surface area contributed by atoms with Crippen molar-refractivity contribution in [1.29, 1.82) is 0 Å². The number of hydrogen-bond acceptors (Lipinski definition) is 1. The quantitative estimate of drug-likeness (QED) is 0.621. The molecule has 3 rings (SSSR count). The lowest BCUT2D eigenvalue weighted by Gasteiger charge is -2.18. The molecule has 0 aliphatic carbocycles. The average Bonchev–Trinajstić information content (AvgIpc) is 2.46. The van der Waals surface area contributed by atoms with Crippen molar-refractivity contribution in [3.05, 3.63) is 60.3 Å². The molecule has 1 heterocycles. The zero-order valence-corrected chi connectivity index (χ0v) is 14.1. The molecule has 2 aromatic carbocycles. The van der Waals surface area contributed by atoms with Crippen LogP contribution in [0.15, 0.2) is 54.6 Å². The lowest BCUT2D eigenvalue weighted by atomic mass is 10.0. The van der Waals surface area contributed by atoms with Crippen molar-refractivity contribution < 1.29 is 0 Å². The Labute approximate surface area is 127 Å². The second-order valence-electron chi connectivity index (χ2n) is 6.66. The number of benzene rings is 2. The SMILES string of the molecule is Cc1cc(-c2ccccc2)c2cc([Si](C)(C)C)ccc2n1. The number of hydrogen-bond donors (Lipinski definition) is 0. The summed E-state index contributed by atoms with van der Waals surface area (Å²) in [5, 5.41) is 2.75. The number of aryl methyl sites for hydroxylation is 1. The molecule has 0 spiro atoms. The van der Waals surface area contributed by atoms with E-state index < -0.39 is 8.07 Å². The standard InChI is InChI=1S/C19H21NSi/c1-14-12-17(15-8-6-5-7-9-15)18-13-16(21(2,3)4)10-11-19(18)20-14/h5-13H,1-4H3. The summed E-state index contributed by atoms with van der Waals surface area (Å²) >= 11 is 0. The maximum Gasteiger partial charge on any atom is 0.0776 e. The summed E-state index contributed by atoms with van der Waals surface area (Å²) in [6.07, 6.45) is 0. The highest BCUT2D eigenvalue weighted by Gasteiger charge is 2.17. The van der Waals surface area contributed by atoms with Gasteiger partial charge in [0.25, 0.3) is 0 Å². The van der Waals surface area contributed by atoms with Crippen LogP contribution in [-0.2, 0) is 0 Å². The Morgan fingerprint density at radius 3 is 2.24 bits per heavy atom. The Morgan fingerprint density at radius 1 is 0.857 bits per heavy atom. The monoisotopic (exact) mass is 291 g/mol. The fourth-order valence-corrected chi connectivity index (χ4v) is 3.84. The molecule has 0 saturated heterocycles. The van der Waals surface area contributed by atoms with E-state index in [9.17, 15) is 0 Å². The second-order valence-corrected chi connectivity index (χ2v) is 11.7. The van der Waals surface area contributed by atoms with Crippen LogP contribution in [0.25, 0.3) is 22.0 Å². The number of rotatable bonds is 2. The van der Waals surface area contributed by atoms with Gasteiger partial charge in [0.1, 0.15) is 0 Å². The van der Waals surface area contributed by atoms with Gasteiger partial charge in [-0.1, -0.05) is 67.3 Å². The van der Waals surface area contributed by atoms with Gasteiger partial charge < -0.3 is 0 Å². The first-order valence-corrected chi connectivity index (χ1v) is 10.9. The van der Waals surface area contributed by atoms with Gasteiger partial charge in [-0.3, -0.25) is 4.98 Å². The van der Waals surface area contributed by atoms with Crippen LogP contribution in [0.4, 0.5) is 0 Å². The van der Waals surface area contributed by atoms with Gasteiger partial charge in [0.15, 0.2) is 0 Å². The Balaban J connectivity index is 2.32. The van der Waals surface area contributed by atoms with Gasteiger partial charge >= 0.3 is 0 Å². The predicted octanol–water partition coefficient (Wildman–Crippen LogP) is 4.76. The Hall–Kier alpha value is -1.93. The van der Waals surface area contributed by atoms with Gasteiger partial charge in [-0.15, -0.1) is 0 Å². The van der Waals surface area contributed by atoms with Gasteiger partial charge in [-0.05, 0) is 30.2 Å². The van der Waals surface area contributed by atoms with Gasteiger partial charge in [0.2, 0.25) is 0 Å². The predicted molar refractivity (Wildman–Crippen MR) is 94.9 cm³/mol. The van der Waals surface area contributed by atoms with E-state index in [0.29, 0.717) is 0 Å². The molecular weight excluding hydrogens is 270 g/mol. The minimum atomic E-state index is -1.32. The van der Waals surface area contributed by atoms with Crippen LogP contribution in [0.5, 0.6) is 0 Å². The van der Waals surface area contributed by atoms with Crippen molar-refractivity contribution in [3.63, 3.8) is 0 Å². The van der Waals surface area contributed by atoms with Crippen molar-refractivity contribution in [2.45, 2.75) is 26.6 Å². The third kappa shape index (κ3) is 2.77. The number of fused-ring (bicyclic) bond motifs is 1. The summed E-state index contributed by atoms with van der Waals surface area (Å²) in [6.45, 7) is 9.23. The lowest BCUT2D eigenvalue weighted by Crippen LogP contribution is -2.37. The molecule has 0 fully saturated rings. The molecule has 1 nitrogen and oxygen atoms in total. The van der Waals surface area contributed by atoms with E-state index >= 15 is 0 Å². The lowest BCUT2D eigenvalue weighted by molar-refractivity contribution is 1.26. The number of nitrogens with zero attached hydrogens (tertiary/aromatic N) is 1. The minimum Gasteiger partial charge on any atom is -0.253 e. The largest absolute Gasteiger partial charge is 0.253 e. The molecule has 0 bridgehead atoms. The Kier molecular flexibility index (Phi) is 3.42. The molecule has 106 valence electrons. The number of aromatic nitrogens is 1. The first kappa shape index (κ1) is 14.0. The molecule has 0 atom stereocenters. The van der Waals surface area contributed by atoms with Gasteiger partial charge in [-0.25, -0.2) is 0 Å². The van der Waals surface area contributed by atoms with Crippen LogP contribution in [0.1, 0.15) is 5.69 Å². The summed E-state index contributed by atoms with van der Waals surface area (Å²) in [5.74, 6) is 0. The van der Waals surface area contributed by atoms with Gasteiger partial charge in [0.05, 0.1) is 13.6 Å². The summed E-state index contributed by atoms with van der Waals surface area (Å²) in [7, 11) is -1.32. The van der Waals surface area contributed by atoms with Crippen LogP contribution in [-0.4, -0.2) is 13.1 Å². The van der Waals surface area contributed by atoms with Crippen LogP contribution < -0.4 is 5.19 Å².